The number of likely N-dealkylation sites (tertiary alicyclic amines) is 1. The molecule has 2 amide bonds. The van der Waals surface area contributed by atoms with Gasteiger partial charge >= 0.3 is 0 Å². The highest BCUT2D eigenvalue weighted by Gasteiger charge is 2.37. The highest BCUT2D eigenvalue weighted by Crippen LogP contribution is 2.23. The van der Waals surface area contributed by atoms with E-state index in [1.807, 2.05) is 17.9 Å². The Kier molecular flexibility index (Phi) is 5.75. The second kappa shape index (κ2) is 8.01. The Balaban J connectivity index is 1.48. The van der Waals surface area contributed by atoms with Crippen molar-refractivity contribution < 1.29 is 19.1 Å². The van der Waals surface area contributed by atoms with Gasteiger partial charge in [0.05, 0.1) is 24.8 Å². The third kappa shape index (κ3) is 4.41. The molecule has 0 unspecified atom stereocenters. The Hall–Kier alpha value is -1.86. The number of carbonyl (C=O) groups excluding carboxylic acids is 2. The van der Waals surface area contributed by atoms with Gasteiger partial charge in [0, 0.05) is 45.7 Å². The summed E-state index contributed by atoms with van der Waals surface area (Å²) in [5.41, 5.74) is 0. The van der Waals surface area contributed by atoms with Crippen LogP contribution in [0.1, 0.15) is 25.5 Å². The zero-order valence-electron chi connectivity index (χ0n) is 14.8. The molecule has 0 aromatic carbocycles. The van der Waals surface area contributed by atoms with Gasteiger partial charge in [0.15, 0.2) is 0 Å². The van der Waals surface area contributed by atoms with Crippen molar-refractivity contribution in [1.82, 2.24) is 14.7 Å². The molecule has 0 aliphatic carbocycles. The minimum Gasteiger partial charge on any atom is -0.467 e. The van der Waals surface area contributed by atoms with Gasteiger partial charge in [0.25, 0.3) is 0 Å². The maximum Gasteiger partial charge on any atom is 0.228 e. The molecular weight excluding hydrogens is 322 g/mol. The predicted molar refractivity (Wildman–Crippen MR) is 91.5 cm³/mol. The largest absolute Gasteiger partial charge is 0.467 e. The standard InChI is InChI=1S/C18H27N3O4/c1-2-15(22)12-19-5-7-20(8-6-19)18(24)14-10-17(23)21(11-14)13-16-4-3-9-25-16/h3-4,9,14-15,22H,2,5-8,10-13H2,1H3/t14-,15+/m0/s1. The van der Waals surface area contributed by atoms with Gasteiger partial charge in [0.2, 0.25) is 11.8 Å². The van der Waals surface area contributed by atoms with E-state index in [4.69, 9.17) is 4.42 Å². The molecule has 1 aromatic heterocycles. The second-order valence-corrected chi connectivity index (χ2v) is 6.94. The van der Waals surface area contributed by atoms with Crippen LogP contribution in [0.4, 0.5) is 0 Å². The molecule has 2 aliphatic rings. The van der Waals surface area contributed by atoms with Crippen molar-refractivity contribution in [1.29, 1.82) is 0 Å². The van der Waals surface area contributed by atoms with E-state index in [9.17, 15) is 14.7 Å². The number of rotatable bonds is 6. The van der Waals surface area contributed by atoms with Crippen LogP contribution in [0.25, 0.3) is 0 Å². The molecule has 2 aliphatic heterocycles. The Morgan fingerprint density at radius 1 is 1.36 bits per heavy atom. The van der Waals surface area contributed by atoms with Gasteiger partial charge in [-0.15, -0.1) is 0 Å². The third-order valence-corrected chi connectivity index (χ3v) is 5.11. The first-order valence-electron chi connectivity index (χ1n) is 9.06. The monoisotopic (exact) mass is 349 g/mol. The first-order valence-corrected chi connectivity index (χ1v) is 9.06. The Morgan fingerprint density at radius 3 is 2.76 bits per heavy atom. The summed E-state index contributed by atoms with van der Waals surface area (Å²) in [7, 11) is 0. The smallest absolute Gasteiger partial charge is 0.228 e. The fraction of sp³-hybridized carbons (Fsp3) is 0.667. The topological polar surface area (TPSA) is 77.2 Å². The molecule has 3 rings (SSSR count). The van der Waals surface area contributed by atoms with Crippen LogP contribution in [0.15, 0.2) is 22.8 Å². The fourth-order valence-corrected chi connectivity index (χ4v) is 3.52. The lowest BCUT2D eigenvalue weighted by Crippen LogP contribution is -2.52. The molecule has 2 atom stereocenters. The third-order valence-electron chi connectivity index (χ3n) is 5.11. The predicted octanol–water partition coefficient (Wildman–Crippen LogP) is 0.543. The number of aliphatic hydroxyl groups is 1. The van der Waals surface area contributed by atoms with Gasteiger partial charge < -0.3 is 19.3 Å². The van der Waals surface area contributed by atoms with Crippen LogP contribution >= 0.6 is 0 Å². The number of nitrogens with zero attached hydrogens (tertiary/aromatic N) is 3. The molecule has 25 heavy (non-hydrogen) atoms. The van der Waals surface area contributed by atoms with E-state index in [0.29, 0.717) is 32.7 Å². The summed E-state index contributed by atoms with van der Waals surface area (Å²) in [6.45, 7) is 6.41. The summed E-state index contributed by atoms with van der Waals surface area (Å²) < 4.78 is 5.29. The van der Waals surface area contributed by atoms with Crippen LogP contribution < -0.4 is 0 Å². The molecule has 0 spiro atoms. The summed E-state index contributed by atoms with van der Waals surface area (Å²) in [5.74, 6) is 0.574. The van der Waals surface area contributed by atoms with E-state index >= 15 is 0 Å². The van der Waals surface area contributed by atoms with Gasteiger partial charge in [-0.3, -0.25) is 14.5 Å². The van der Waals surface area contributed by atoms with Gasteiger partial charge in [-0.2, -0.15) is 0 Å². The van der Waals surface area contributed by atoms with E-state index in [2.05, 4.69) is 4.90 Å². The SMILES string of the molecule is CC[C@@H](O)CN1CCN(C(=O)[C@H]2CC(=O)N(Cc3ccco3)C2)CC1. The molecule has 7 heteroatoms. The fourth-order valence-electron chi connectivity index (χ4n) is 3.52. The Labute approximate surface area is 148 Å². The van der Waals surface area contributed by atoms with Gasteiger partial charge in [0.1, 0.15) is 5.76 Å². The molecular formula is C18H27N3O4. The first kappa shape index (κ1) is 17.9. The highest BCUT2D eigenvalue weighted by molar-refractivity contribution is 5.89. The lowest BCUT2D eigenvalue weighted by Gasteiger charge is -2.36. The number of hydrogen-bond donors (Lipinski definition) is 1. The molecule has 138 valence electrons. The zero-order valence-corrected chi connectivity index (χ0v) is 14.8. The van der Waals surface area contributed by atoms with Crippen LogP contribution in [0.5, 0.6) is 0 Å². The molecule has 0 bridgehead atoms. The first-order chi connectivity index (χ1) is 12.1. The van der Waals surface area contributed by atoms with Gasteiger partial charge in [-0.1, -0.05) is 6.92 Å². The normalized spacial score (nSPS) is 23.3. The van der Waals surface area contributed by atoms with Crippen LogP contribution in [0, 0.1) is 5.92 Å². The molecule has 1 N–H and O–H groups in total. The molecule has 0 radical (unpaired) electrons. The van der Waals surface area contributed by atoms with Crippen molar-refractivity contribution in [3.63, 3.8) is 0 Å². The zero-order chi connectivity index (χ0) is 17.8. The number of hydrogen-bond acceptors (Lipinski definition) is 5. The number of furan rings is 1. The van der Waals surface area contributed by atoms with Gasteiger partial charge in [-0.05, 0) is 18.6 Å². The summed E-state index contributed by atoms with van der Waals surface area (Å²) in [5, 5.41) is 9.75. The summed E-state index contributed by atoms with van der Waals surface area (Å²) in [6.07, 6.45) is 2.32. The molecule has 2 saturated heterocycles. The summed E-state index contributed by atoms with van der Waals surface area (Å²) in [6, 6.07) is 3.64. The van der Waals surface area contributed by atoms with Crippen molar-refractivity contribution in [2.45, 2.75) is 32.4 Å². The quantitative estimate of drug-likeness (QED) is 0.811. The summed E-state index contributed by atoms with van der Waals surface area (Å²) >= 11 is 0. The molecule has 1 aromatic rings. The van der Waals surface area contributed by atoms with Crippen molar-refractivity contribution >= 4 is 11.8 Å². The van der Waals surface area contributed by atoms with Gasteiger partial charge in [-0.25, -0.2) is 0 Å². The van der Waals surface area contributed by atoms with Crippen LogP contribution in [-0.2, 0) is 16.1 Å². The van der Waals surface area contributed by atoms with Crippen LogP contribution in [-0.4, -0.2) is 77.0 Å². The van der Waals surface area contributed by atoms with Crippen LogP contribution in [0.2, 0.25) is 0 Å². The maximum atomic E-state index is 12.7. The van der Waals surface area contributed by atoms with Crippen molar-refractivity contribution in [3.05, 3.63) is 24.2 Å². The molecule has 3 heterocycles. The summed E-state index contributed by atoms with van der Waals surface area (Å²) in [4.78, 5) is 30.7. The number of piperazine rings is 1. The number of β-amino-alcohol motifs (C(OH)–C–C–N with tert-alkyl or cyclic N) is 1. The Morgan fingerprint density at radius 2 is 2.12 bits per heavy atom. The minimum absolute atomic E-state index is 0.0134. The second-order valence-electron chi connectivity index (χ2n) is 6.94. The maximum absolute atomic E-state index is 12.7. The molecule has 0 saturated carbocycles. The average molecular weight is 349 g/mol. The number of aliphatic hydroxyl groups excluding tert-OH is 1. The van der Waals surface area contributed by atoms with Crippen LogP contribution in [0.3, 0.4) is 0 Å². The highest BCUT2D eigenvalue weighted by atomic mass is 16.3. The lowest BCUT2D eigenvalue weighted by atomic mass is 10.1. The number of carbonyl (C=O) groups is 2. The minimum atomic E-state index is -0.301. The molecule has 7 nitrogen and oxygen atoms in total. The van der Waals surface area contributed by atoms with Crippen molar-refractivity contribution in [2.75, 3.05) is 39.3 Å². The van der Waals surface area contributed by atoms with Crippen molar-refractivity contribution in [3.8, 4) is 0 Å². The molecule has 2 fully saturated rings. The lowest BCUT2D eigenvalue weighted by molar-refractivity contribution is -0.137. The van der Waals surface area contributed by atoms with E-state index < -0.39 is 0 Å². The van der Waals surface area contributed by atoms with Crippen molar-refractivity contribution in [2.24, 2.45) is 5.92 Å². The van der Waals surface area contributed by atoms with E-state index in [-0.39, 0.29) is 30.3 Å². The van der Waals surface area contributed by atoms with E-state index in [1.165, 1.54) is 0 Å². The Bertz CT molecular complexity index is 581. The van der Waals surface area contributed by atoms with E-state index in [1.54, 1.807) is 17.2 Å². The van der Waals surface area contributed by atoms with E-state index in [0.717, 1.165) is 25.3 Å². The number of amides is 2. The average Bonchev–Trinajstić information content (AvgIpc) is 3.25.